The molecule has 17 heteroatoms. The van der Waals surface area contributed by atoms with Gasteiger partial charge < -0.3 is 4.74 Å². The van der Waals surface area contributed by atoms with Crippen molar-refractivity contribution in [2.45, 2.75) is 60.6 Å². The maximum absolute atomic E-state index is 13.8. The Labute approximate surface area is 137 Å². The first-order valence-corrected chi connectivity index (χ1v) is 6.12. The van der Waals surface area contributed by atoms with Crippen molar-refractivity contribution in [1.29, 1.82) is 0 Å². The molecule has 1 aliphatic rings. The third-order valence-corrected chi connectivity index (χ3v) is 3.43. The third kappa shape index (κ3) is 3.28. The van der Waals surface area contributed by atoms with E-state index in [1.807, 2.05) is 0 Å². The average molecular weight is 444 g/mol. The summed E-state index contributed by atoms with van der Waals surface area (Å²) in [6.07, 6.45) is -34.7. The molecule has 1 nitrogen and oxygen atoms in total. The molecule has 0 spiro atoms. The van der Waals surface area contributed by atoms with Gasteiger partial charge in [0.05, 0.1) is 0 Å². The first-order valence-electron chi connectivity index (χ1n) is 6.12. The highest BCUT2D eigenvalue weighted by molar-refractivity contribution is 5.13. The average Bonchev–Trinajstić information content (AvgIpc) is 2.64. The van der Waals surface area contributed by atoms with E-state index in [4.69, 9.17) is 0 Å². The Kier molecular flexibility index (Phi) is 5.46. The van der Waals surface area contributed by atoms with Crippen LogP contribution in [-0.4, -0.2) is 60.6 Å². The third-order valence-electron chi connectivity index (χ3n) is 3.43. The number of halogens is 16. The molecule has 162 valence electrons. The van der Waals surface area contributed by atoms with E-state index in [1.165, 1.54) is 0 Å². The van der Waals surface area contributed by atoms with E-state index in [0.29, 0.717) is 0 Å². The molecule has 0 aromatic rings. The predicted molar refractivity (Wildman–Crippen MR) is 50.4 cm³/mol. The molecule has 0 bridgehead atoms. The lowest BCUT2D eigenvalue weighted by Gasteiger charge is -2.33. The fraction of sp³-hybridized carbons (Fsp3) is 1.00. The smallest absolute Gasteiger partial charge is 0.329 e. The molecule has 0 amide bonds. The summed E-state index contributed by atoms with van der Waals surface area (Å²) in [6, 6.07) is 0. The quantitative estimate of drug-likeness (QED) is 0.549. The molecule has 1 heterocycles. The second-order valence-electron chi connectivity index (χ2n) is 5.26. The SMILES string of the molecule is FC(C1OC(F)(C(F)C(F)(F)C(F)(F)F)C(F)(F)C1F)C(F)(F)C(F)(F)F. The number of alkyl halides is 16. The van der Waals surface area contributed by atoms with Crippen LogP contribution in [0.15, 0.2) is 0 Å². The van der Waals surface area contributed by atoms with Gasteiger partial charge in [-0.3, -0.25) is 0 Å². The molecule has 0 N–H and O–H groups in total. The van der Waals surface area contributed by atoms with Crippen molar-refractivity contribution >= 4 is 0 Å². The Hall–Kier alpha value is -1.16. The number of hydrogen-bond donors (Lipinski definition) is 0. The zero-order valence-corrected chi connectivity index (χ0v) is 11.8. The summed E-state index contributed by atoms with van der Waals surface area (Å²) in [6.45, 7) is 0. The van der Waals surface area contributed by atoms with Crippen molar-refractivity contribution in [2.75, 3.05) is 0 Å². The van der Waals surface area contributed by atoms with E-state index < -0.39 is 60.6 Å². The maximum Gasteiger partial charge on any atom is 0.456 e. The van der Waals surface area contributed by atoms with Crippen LogP contribution in [0.25, 0.3) is 0 Å². The summed E-state index contributed by atoms with van der Waals surface area (Å²) in [5, 5.41) is 0. The summed E-state index contributed by atoms with van der Waals surface area (Å²) in [5.41, 5.74) is 0. The van der Waals surface area contributed by atoms with E-state index in [2.05, 4.69) is 4.74 Å². The molecule has 27 heavy (non-hydrogen) atoms. The standard InChI is InChI=1S/C10H4F16O/c11-2-1(3(12)6(16,17)9(21,22)23)27-8(20,5(2,14)15)4(13)7(18,19)10(24,25)26/h1-4H. The normalized spacial score (nSPS) is 32.4. The first-order chi connectivity index (χ1) is 11.6. The van der Waals surface area contributed by atoms with Crippen LogP contribution in [0, 0.1) is 0 Å². The van der Waals surface area contributed by atoms with E-state index in [-0.39, 0.29) is 0 Å². The van der Waals surface area contributed by atoms with Crippen LogP contribution in [0.3, 0.4) is 0 Å². The highest BCUT2D eigenvalue weighted by Crippen LogP contribution is 2.57. The van der Waals surface area contributed by atoms with Crippen molar-refractivity contribution in [3.05, 3.63) is 0 Å². The number of ether oxygens (including phenoxy) is 1. The molecule has 1 rings (SSSR count). The van der Waals surface area contributed by atoms with Crippen molar-refractivity contribution in [3.63, 3.8) is 0 Å². The van der Waals surface area contributed by atoms with Gasteiger partial charge in [-0.05, 0) is 0 Å². The van der Waals surface area contributed by atoms with Gasteiger partial charge >= 0.3 is 36.0 Å². The lowest BCUT2D eigenvalue weighted by molar-refractivity contribution is -0.367. The first kappa shape index (κ1) is 23.9. The second-order valence-corrected chi connectivity index (χ2v) is 5.26. The molecular formula is C10H4F16O. The summed E-state index contributed by atoms with van der Waals surface area (Å²) < 4.78 is 206. The lowest BCUT2D eigenvalue weighted by atomic mass is 9.95. The zero-order valence-electron chi connectivity index (χ0n) is 11.8. The Bertz CT molecular complexity index is 550. The second kappa shape index (κ2) is 6.17. The summed E-state index contributed by atoms with van der Waals surface area (Å²) >= 11 is 0. The number of rotatable bonds is 4. The van der Waals surface area contributed by atoms with Gasteiger partial charge in [0.1, 0.15) is 6.10 Å². The van der Waals surface area contributed by atoms with Crippen molar-refractivity contribution < 1.29 is 75.0 Å². The molecule has 0 aliphatic carbocycles. The molecule has 0 saturated carbocycles. The van der Waals surface area contributed by atoms with Gasteiger partial charge in [0.25, 0.3) is 0 Å². The Morgan fingerprint density at radius 3 is 1.41 bits per heavy atom. The highest BCUT2D eigenvalue weighted by Gasteiger charge is 2.84. The molecule has 1 fully saturated rings. The van der Waals surface area contributed by atoms with Crippen LogP contribution in [0.5, 0.6) is 0 Å². The van der Waals surface area contributed by atoms with E-state index >= 15 is 0 Å². The minimum Gasteiger partial charge on any atom is -0.329 e. The molecule has 1 aliphatic heterocycles. The van der Waals surface area contributed by atoms with Crippen LogP contribution < -0.4 is 0 Å². The van der Waals surface area contributed by atoms with Gasteiger partial charge in [0.2, 0.25) is 12.3 Å². The topological polar surface area (TPSA) is 9.23 Å². The lowest BCUT2D eigenvalue weighted by Crippen LogP contribution is -2.61. The van der Waals surface area contributed by atoms with Crippen molar-refractivity contribution in [2.24, 2.45) is 0 Å². The van der Waals surface area contributed by atoms with Gasteiger partial charge in [-0.1, -0.05) is 0 Å². The van der Waals surface area contributed by atoms with Crippen molar-refractivity contribution in [1.82, 2.24) is 0 Å². The van der Waals surface area contributed by atoms with E-state index in [9.17, 15) is 70.2 Å². The van der Waals surface area contributed by atoms with Crippen LogP contribution in [0.1, 0.15) is 0 Å². The van der Waals surface area contributed by atoms with E-state index in [1.54, 1.807) is 0 Å². The molecule has 0 aromatic heterocycles. The van der Waals surface area contributed by atoms with Gasteiger partial charge in [-0.15, -0.1) is 0 Å². The highest BCUT2D eigenvalue weighted by atomic mass is 19.4. The van der Waals surface area contributed by atoms with Crippen LogP contribution >= 0.6 is 0 Å². The van der Waals surface area contributed by atoms with Gasteiger partial charge in [0.15, 0.2) is 6.17 Å². The monoisotopic (exact) mass is 444 g/mol. The zero-order chi connectivity index (χ0) is 22.0. The summed E-state index contributed by atoms with van der Waals surface area (Å²) in [4.78, 5) is 0. The Balaban J connectivity index is 3.39. The fourth-order valence-electron chi connectivity index (χ4n) is 1.91. The number of hydrogen-bond acceptors (Lipinski definition) is 1. The molecule has 5 unspecified atom stereocenters. The van der Waals surface area contributed by atoms with Crippen LogP contribution in [0.4, 0.5) is 70.2 Å². The summed E-state index contributed by atoms with van der Waals surface area (Å²) in [7, 11) is 0. The Morgan fingerprint density at radius 1 is 0.704 bits per heavy atom. The summed E-state index contributed by atoms with van der Waals surface area (Å²) in [5.74, 6) is -26.7. The molecule has 1 saturated heterocycles. The van der Waals surface area contributed by atoms with Crippen LogP contribution in [-0.2, 0) is 4.74 Å². The minimum absolute atomic E-state index is 2.66. The fourth-order valence-corrected chi connectivity index (χ4v) is 1.91. The Morgan fingerprint density at radius 2 is 1.07 bits per heavy atom. The van der Waals surface area contributed by atoms with Gasteiger partial charge in [0, 0.05) is 0 Å². The molecule has 0 radical (unpaired) electrons. The minimum atomic E-state index is -7.10. The predicted octanol–water partition coefficient (Wildman–Crippen LogP) is 5.10. The maximum atomic E-state index is 13.8. The van der Waals surface area contributed by atoms with Crippen molar-refractivity contribution in [3.8, 4) is 0 Å². The molecular weight excluding hydrogens is 440 g/mol. The molecule has 5 atom stereocenters. The van der Waals surface area contributed by atoms with Gasteiger partial charge in [-0.25, -0.2) is 17.6 Å². The largest absolute Gasteiger partial charge is 0.456 e. The van der Waals surface area contributed by atoms with E-state index in [0.717, 1.165) is 0 Å². The van der Waals surface area contributed by atoms with Gasteiger partial charge in [-0.2, -0.15) is 52.7 Å². The molecule has 0 aromatic carbocycles. The van der Waals surface area contributed by atoms with Crippen LogP contribution in [0.2, 0.25) is 0 Å².